The third-order valence-electron chi connectivity index (χ3n) is 5.29. The number of hydrogen-bond donors (Lipinski definition) is 3. The molecule has 204 valence electrons. The highest BCUT2D eigenvalue weighted by Gasteiger charge is 2.15. The molecule has 0 radical (unpaired) electrons. The van der Waals surface area contributed by atoms with Crippen molar-refractivity contribution in [2.24, 2.45) is 5.10 Å². The highest BCUT2D eigenvalue weighted by atomic mass is 127. The Morgan fingerprint density at radius 2 is 1.74 bits per heavy atom. The molecule has 39 heavy (non-hydrogen) atoms. The van der Waals surface area contributed by atoms with Gasteiger partial charge in [-0.05, 0) is 84.3 Å². The van der Waals surface area contributed by atoms with Crippen molar-refractivity contribution in [2.45, 2.75) is 27.3 Å². The van der Waals surface area contributed by atoms with E-state index >= 15 is 0 Å². The third-order valence-corrected chi connectivity index (χ3v) is 6.50. The number of carbonyl (C=O) groups excluding carboxylic acids is 3. The number of carbonyl (C=O) groups is 3. The number of nitrogens with zero attached hydrogens (tertiary/aromatic N) is 1. The fourth-order valence-electron chi connectivity index (χ4n) is 3.26. The zero-order valence-corrected chi connectivity index (χ0v) is 24.6. The lowest BCUT2D eigenvalue weighted by atomic mass is 10.1. The lowest BCUT2D eigenvalue weighted by molar-refractivity contribution is -0.139. The van der Waals surface area contributed by atoms with Crippen molar-refractivity contribution in [1.82, 2.24) is 10.7 Å². The molecule has 0 saturated carbocycles. The van der Waals surface area contributed by atoms with Crippen molar-refractivity contribution < 1.29 is 23.9 Å². The minimum atomic E-state index is -0.890. The lowest BCUT2D eigenvalue weighted by Crippen LogP contribution is -2.37. The van der Waals surface area contributed by atoms with Crippen molar-refractivity contribution in [1.29, 1.82) is 0 Å². The zero-order chi connectivity index (χ0) is 28.4. The molecule has 3 amide bonds. The molecule has 0 unspecified atom stereocenters. The summed E-state index contributed by atoms with van der Waals surface area (Å²) in [6.07, 6.45) is 1.38. The van der Waals surface area contributed by atoms with Crippen LogP contribution in [0.1, 0.15) is 29.2 Å². The molecule has 0 aliphatic carbocycles. The quantitative estimate of drug-likeness (QED) is 0.126. The number of anilines is 1. The minimum Gasteiger partial charge on any atom is -0.490 e. The smallest absolute Gasteiger partial charge is 0.329 e. The molecule has 0 bridgehead atoms. The minimum absolute atomic E-state index is 0.227. The molecule has 0 fully saturated rings. The van der Waals surface area contributed by atoms with E-state index < -0.39 is 11.8 Å². The maximum absolute atomic E-state index is 12.4. The second kappa shape index (κ2) is 14.5. The molecule has 0 aromatic heterocycles. The average Bonchev–Trinajstić information content (AvgIpc) is 2.90. The average molecular weight is 663 g/mol. The van der Waals surface area contributed by atoms with E-state index in [0.717, 1.165) is 16.7 Å². The van der Waals surface area contributed by atoms with Crippen LogP contribution in [0.5, 0.6) is 11.5 Å². The topological polar surface area (TPSA) is 118 Å². The van der Waals surface area contributed by atoms with Gasteiger partial charge in [0.05, 0.1) is 16.4 Å². The predicted octanol–water partition coefficient (Wildman–Crippen LogP) is 4.74. The van der Waals surface area contributed by atoms with Crippen LogP contribution in [0.2, 0.25) is 5.02 Å². The van der Waals surface area contributed by atoms with E-state index in [2.05, 4.69) is 43.8 Å². The molecule has 0 aliphatic rings. The molecule has 3 aromatic carbocycles. The van der Waals surface area contributed by atoms with E-state index in [-0.39, 0.29) is 19.1 Å². The molecular weight excluding hydrogens is 635 g/mol. The Labute approximate surface area is 245 Å². The van der Waals surface area contributed by atoms with Gasteiger partial charge in [0.25, 0.3) is 5.91 Å². The van der Waals surface area contributed by atoms with Crippen LogP contribution < -0.4 is 25.5 Å². The Morgan fingerprint density at radius 1 is 1.00 bits per heavy atom. The van der Waals surface area contributed by atoms with Crippen LogP contribution in [0, 0.1) is 17.4 Å². The molecule has 11 heteroatoms. The zero-order valence-electron chi connectivity index (χ0n) is 21.6. The number of hydrazone groups is 1. The highest BCUT2D eigenvalue weighted by molar-refractivity contribution is 14.1. The SMILES string of the molecule is CCOc1cc(/C=N\NC(=O)C(=O)NCc2ccc(C)cc2)cc(I)c1OCC(=O)Nc1ccc(C)c(Cl)c1. The maximum Gasteiger partial charge on any atom is 0.329 e. The van der Waals surface area contributed by atoms with Gasteiger partial charge in [-0.1, -0.05) is 47.5 Å². The van der Waals surface area contributed by atoms with E-state index in [1.165, 1.54) is 6.21 Å². The first kappa shape index (κ1) is 29.9. The number of aryl methyl sites for hydroxylation is 2. The van der Waals surface area contributed by atoms with Crippen molar-refractivity contribution in [3.8, 4) is 11.5 Å². The molecule has 0 heterocycles. The van der Waals surface area contributed by atoms with Crippen LogP contribution in [0.25, 0.3) is 0 Å². The number of halogens is 2. The first-order valence-electron chi connectivity index (χ1n) is 12.0. The normalized spacial score (nSPS) is 10.7. The van der Waals surface area contributed by atoms with Crippen molar-refractivity contribution in [2.75, 3.05) is 18.5 Å². The van der Waals surface area contributed by atoms with E-state index in [4.69, 9.17) is 21.1 Å². The summed E-state index contributed by atoms with van der Waals surface area (Å²) in [4.78, 5) is 36.6. The van der Waals surface area contributed by atoms with Gasteiger partial charge in [-0.15, -0.1) is 0 Å². The second-order valence-corrected chi connectivity index (χ2v) is 10.0. The fourth-order valence-corrected chi connectivity index (χ4v) is 4.22. The Morgan fingerprint density at radius 3 is 2.44 bits per heavy atom. The molecule has 0 atom stereocenters. The van der Waals surface area contributed by atoms with Gasteiger partial charge in [0, 0.05) is 17.3 Å². The molecular formula is C28H28ClIN4O5. The summed E-state index contributed by atoms with van der Waals surface area (Å²) in [5, 5.41) is 9.73. The van der Waals surface area contributed by atoms with Gasteiger partial charge < -0.3 is 20.1 Å². The first-order chi connectivity index (χ1) is 18.7. The number of amides is 3. The van der Waals surface area contributed by atoms with Crippen LogP contribution in [0.3, 0.4) is 0 Å². The second-order valence-electron chi connectivity index (χ2n) is 8.43. The van der Waals surface area contributed by atoms with Gasteiger partial charge in [0.1, 0.15) is 0 Å². The summed E-state index contributed by atoms with van der Waals surface area (Å²) in [5.74, 6) is -1.25. The molecule has 9 nitrogen and oxygen atoms in total. The Kier molecular flexibility index (Phi) is 11.1. The molecule has 3 aromatic rings. The molecule has 0 saturated heterocycles. The largest absolute Gasteiger partial charge is 0.490 e. The van der Waals surface area contributed by atoms with Crippen molar-refractivity contribution >= 4 is 63.8 Å². The standard InChI is InChI=1S/C28H28ClIN4O5/c1-4-38-24-12-20(15-32-34-28(37)27(36)31-14-19-8-5-17(2)6-9-19)11-23(30)26(24)39-16-25(35)33-21-10-7-18(3)22(29)13-21/h5-13,15H,4,14,16H2,1-3H3,(H,31,36)(H,33,35)(H,34,37)/b32-15-. The van der Waals surface area contributed by atoms with E-state index in [0.29, 0.717) is 37.9 Å². The Balaban J connectivity index is 1.57. The Bertz CT molecular complexity index is 1380. The van der Waals surface area contributed by atoms with Crippen LogP contribution in [-0.4, -0.2) is 37.1 Å². The summed E-state index contributed by atoms with van der Waals surface area (Å²) in [6, 6.07) is 16.3. The summed E-state index contributed by atoms with van der Waals surface area (Å²) in [6.45, 7) is 6.00. The molecule has 3 rings (SSSR count). The summed E-state index contributed by atoms with van der Waals surface area (Å²) >= 11 is 8.17. The first-order valence-corrected chi connectivity index (χ1v) is 13.4. The molecule has 3 N–H and O–H groups in total. The Hall–Kier alpha value is -3.64. The monoisotopic (exact) mass is 662 g/mol. The molecule has 0 spiro atoms. The van der Waals surface area contributed by atoms with Gasteiger partial charge in [-0.3, -0.25) is 14.4 Å². The van der Waals surface area contributed by atoms with Crippen LogP contribution >= 0.6 is 34.2 Å². The third kappa shape index (κ3) is 9.25. The van der Waals surface area contributed by atoms with E-state index in [1.807, 2.05) is 51.1 Å². The summed E-state index contributed by atoms with van der Waals surface area (Å²) in [5.41, 5.74) is 6.26. The van der Waals surface area contributed by atoms with Gasteiger partial charge in [0.2, 0.25) is 0 Å². The number of ether oxygens (including phenoxy) is 2. The van der Waals surface area contributed by atoms with Gasteiger partial charge in [-0.2, -0.15) is 5.10 Å². The van der Waals surface area contributed by atoms with E-state index in [9.17, 15) is 14.4 Å². The summed E-state index contributed by atoms with van der Waals surface area (Å²) < 4.78 is 12.1. The number of nitrogens with one attached hydrogen (secondary N) is 3. The summed E-state index contributed by atoms with van der Waals surface area (Å²) in [7, 11) is 0. The lowest BCUT2D eigenvalue weighted by Gasteiger charge is -2.15. The maximum atomic E-state index is 12.4. The van der Waals surface area contributed by atoms with Crippen LogP contribution in [0.4, 0.5) is 5.69 Å². The number of rotatable bonds is 10. The van der Waals surface area contributed by atoms with Crippen molar-refractivity contribution in [3.63, 3.8) is 0 Å². The van der Waals surface area contributed by atoms with Gasteiger partial charge >= 0.3 is 11.8 Å². The van der Waals surface area contributed by atoms with Crippen molar-refractivity contribution in [3.05, 3.63) is 85.4 Å². The van der Waals surface area contributed by atoms with E-state index in [1.54, 1.807) is 24.3 Å². The number of hydrogen-bond acceptors (Lipinski definition) is 6. The van der Waals surface area contributed by atoms with Gasteiger partial charge in [0.15, 0.2) is 18.1 Å². The van der Waals surface area contributed by atoms with Crippen LogP contribution in [-0.2, 0) is 20.9 Å². The van der Waals surface area contributed by atoms with Crippen LogP contribution in [0.15, 0.2) is 59.7 Å². The van der Waals surface area contributed by atoms with Gasteiger partial charge in [-0.25, -0.2) is 5.43 Å². The molecule has 0 aliphatic heterocycles. The highest BCUT2D eigenvalue weighted by Crippen LogP contribution is 2.34. The predicted molar refractivity (Wildman–Crippen MR) is 159 cm³/mol. The number of benzene rings is 3. The fraction of sp³-hybridized carbons (Fsp3) is 0.214.